The van der Waals surface area contributed by atoms with Crippen LogP contribution in [0.4, 0.5) is 10.1 Å². The van der Waals surface area contributed by atoms with Gasteiger partial charge in [0.05, 0.1) is 23.6 Å². The zero-order chi connectivity index (χ0) is 18.5. The van der Waals surface area contributed by atoms with Crippen molar-refractivity contribution >= 4 is 23.4 Å². The van der Waals surface area contributed by atoms with Gasteiger partial charge in [-0.25, -0.2) is 9.37 Å². The van der Waals surface area contributed by atoms with E-state index >= 15 is 0 Å². The number of H-pyrrole nitrogens is 1. The Hall–Kier alpha value is -2.87. The summed E-state index contributed by atoms with van der Waals surface area (Å²) in [5.41, 5.74) is 0.924. The predicted octanol–water partition coefficient (Wildman–Crippen LogP) is 3.74. The van der Waals surface area contributed by atoms with Crippen molar-refractivity contribution < 1.29 is 13.9 Å². The van der Waals surface area contributed by atoms with Crippen LogP contribution in [0.25, 0.3) is 11.4 Å². The van der Waals surface area contributed by atoms with Gasteiger partial charge < -0.3 is 10.1 Å². The van der Waals surface area contributed by atoms with Crippen molar-refractivity contribution in [2.45, 2.75) is 17.3 Å². The lowest BCUT2D eigenvalue weighted by molar-refractivity contribution is -0.115. The number of carbonyl (C=O) groups excluding carboxylic acids is 1. The van der Waals surface area contributed by atoms with E-state index in [9.17, 15) is 9.18 Å². The fourth-order valence-electron chi connectivity index (χ4n) is 2.27. The summed E-state index contributed by atoms with van der Waals surface area (Å²) >= 11 is 1.18. The molecule has 0 aliphatic heterocycles. The standard InChI is InChI=1S/C18H17FN4O2S/c1-11(17(24)20-14-9-5-6-10-15(14)25-2)26-18-21-16(22-23-18)12-7-3-4-8-13(12)19/h3-11H,1-2H3,(H,20,24)(H,21,22,23). The Morgan fingerprint density at radius 3 is 2.73 bits per heavy atom. The number of carbonyl (C=O) groups is 1. The van der Waals surface area contributed by atoms with Gasteiger partial charge >= 0.3 is 0 Å². The first kappa shape index (κ1) is 17.9. The van der Waals surface area contributed by atoms with E-state index in [4.69, 9.17) is 4.74 Å². The van der Waals surface area contributed by atoms with E-state index in [0.29, 0.717) is 28.0 Å². The first-order valence-corrected chi connectivity index (χ1v) is 8.74. The first-order valence-electron chi connectivity index (χ1n) is 7.86. The average molecular weight is 372 g/mol. The Labute approximate surface area is 154 Å². The van der Waals surface area contributed by atoms with Crippen molar-refractivity contribution in [3.8, 4) is 17.1 Å². The summed E-state index contributed by atoms with van der Waals surface area (Å²) in [5, 5.41) is 9.48. The lowest BCUT2D eigenvalue weighted by Crippen LogP contribution is -2.22. The smallest absolute Gasteiger partial charge is 0.237 e. The quantitative estimate of drug-likeness (QED) is 0.645. The number of hydrogen-bond acceptors (Lipinski definition) is 5. The number of rotatable bonds is 6. The molecule has 0 saturated heterocycles. The van der Waals surface area contributed by atoms with Crippen LogP contribution in [-0.4, -0.2) is 33.4 Å². The normalized spacial score (nSPS) is 11.8. The molecule has 3 rings (SSSR count). The molecule has 1 unspecified atom stereocenters. The second kappa shape index (κ2) is 8.01. The van der Waals surface area contributed by atoms with Crippen LogP contribution < -0.4 is 10.1 Å². The van der Waals surface area contributed by atoms with E-state index in [1.807, 2.05) is 12.1 Å². The van der Waals surface area contributed by atoms with Crippen molar-refractivity contribution in [1.82, 2.24) is 15.2 Å². The topological polar surface area (TPSA) is 79.9 Å². The number of nitrogens with one attached hydrogen (secondary N) is 2. The van der Waals surface area contributed by atoms with Crippen LogP contribution >= 0.6 is 11.8 Å². The maximum atomic E-state index is 13.8. The third-order valence-electron chi connectivity index (χ3n) is 3.61. The summed E-state index contributed by atoms with van der Waals surface area (Å²) in [6.45, 7) is 1.74. The second-order valence-corrected chi connectivity index (χ2v) is 6.70. The average Bonchev–Trinajstić information content (AvgIpc) is 3.10. The summed E-state index contributed by atoms with van der Waals surface area (Å²) in [5.74, 6) is 0.305. The summed E-state index contributed by atoms with van der Waals surface area (Å²) < 4.78 is 19.0. The number of thioether (sulfide) groups is 1. The Balaban J connectivity index is 1.67. The predicted molar refractivity (Wildman–Crippen MR) is 98.7 cm³/mol. The van der Waals surface area contributed by atoms with Gasteiger partial charge in [0.25, 0.3) is 0 Å². The number of halogens is 1. The molecule has 0 radical (unpaired) electrons. The minimum atomic E-state index is -0.454. The molecule has 0 aliphatic carbocycles. The summed E-state index contributed by atoms with van der Waals surface area (Å²) in [6, 6.07) is 13.5. The number of methoxy groups -OCH3 is 1. The first-order chi connectivity index (χ1) is 12.6. The zero-order valence-corrected chi connectivity index (χ0v) is 15.0. The number of ether oxygens (including phenoxy) is 1. The summed E-state index contributed by atoms with van der Waals surface area (Å²) in [6.07, 6.45) is 0. The molecular formula is C18H17FN4O2S. The summed E-state index contributed by atoms with van der Waals surface area (Å²) in [4.78, 5) is 16.7. The Morgan fingerprint density at radius 1 is 1.23 bits per heavy atom. The molecule has 1 heterocycles. The number of benzene rings is 2. The number of amides is 1. The Bertz CT molecular complexity index is 915. The van der Waals surface area contributed by atoms with Crippen molar-refractivity contribution in [3.63, 3.8) is 0 Å². The highest BCUT2D eigenvalue weighted by atomic mass is 32.2. The highest BCUT2D eigenvalue weighted by molar-refractivity contribution is 8.00. The minimum Gasteiger partial charge on any atom is -0.495 e. The molecule has 8 heteroatoms. The number of nitrogens with zero attached hydrogens (tertiary/aromatic N) is 2. The van der Waals surface area contributed by atoms with Crippen LogP contribution in [0.2, 0.25) is 0 Å². The van der Waals surface area contributed by atoms with E-state index in [1.54, 1.807) is 44.4 Å². The van der Waals surface area contributed by atoms with Crippen LogP contribution in [0.15, 0.2) is 53.7 Å². The maximum Gasteiger partial charge on any atom is 0.237 e. The fourth-order valence-corrected chi connectivity index (χ4v) is 2.99. The number of para-hydroxylation sites is 2. The van der Waals surface area contributed by atoms with Crippen LogP contribution in [0.5, 0.6) is 5.75 Å². The summed E-state index contributed by atoms with van der Waals surface area (Å²) in [7, 11) is 1.54. The number of aromatic nitrogens is 3. The molecule has 1 atom stereocenters. The highest BCUT2D eigenvalue weighted by Gasteiger charge is 2.19. The van der Waals surface area contributed by atoms with Gasteiger partial charge in [0.1, 0.15) is 11.6 Å². The van der Waals surface area contributed by atoms with Crippen LogP contribution in [0.3, 0.4) is 0 Å². The van der Waals surface area contributed by atoms with Gasteiger partial charge in [0, 0.05) is 0 Å². The maximum absolute atomic E-state index is 13.8. The Kier molecular flexibility index (Phi) is 5.52. The lowest BCUT2D eigenvalue weighted by Gasteiger charge is -2.12. The third-order valence-corrected chi connectivity index (χ3v) is 4.57. The molecule has 0 bridgehead atoms. The van der Waals surface area contributed by atoms with Gasteiger partial charge in [0.15, 0.2) is 5.82 Å². The Morgan fingerprint density at radius 2 is 1.96 bits per heavy atom. The van der Waals surface area contributed by atoms with Crippen molar-refractivity contribution in [2.75, 3.05) is 12.4 Å². The molecule has 26 heavy (non-hydrogen) atoms. The van der Waals surface area contributed by atoms with E-state index in [2.05, 4.69) is 20.5 Å². The number of aromatic amines is 1. The minimum absolute atomic E-state index is 0.211. The van der Waals surface area contributed by atoms with Crippen LogP contribution in [-0.2, 0) is 4.79 Å². The van der Waals surface area contributed by atoms with Gasteiger partial charge in [-0.2, -0.15) is 0 Å². The van der Waals surface area contributed by atoms with Gasteiger partial charge in [-0.15, -0.1) is 5.10 Å². The van der Waals surface area contributed by atoms with Crippen LogP contribution in [0.1, 0.15) is 6.92 Å². The van der Waals surface area contributed by atoms with Crippen molar-refractivity contribution in [2.24, 2.45) is 0 Å². The molecule has 134 valence electrons. The van der Waals surface area contributed by atoms with Gasteiger partial charge in [-0.1, -0.05) is 36.0 Å². The fraction of sp³-hybridized carbons (Fsp3) is 0.167. The van der Waals surface area contributed by atoms with E-state index in [-0.39, 0.29) is 11.7 Å². The molecule has 0 fully saturated rings. The molecule has 0 saturated carbocycles. The molecule has 1 aromatic heterocycles. The monoisotopic (exact) mass is 372 g/mol. The molecule has 3 aromatic rings. The SMILES string of the molecule is COc1ccccc1NC(=O)C(C)Sc1n[nH]c(-c2ccccc2F)n1. The van der Waals surface area contributed by atoms with Gasteiger partial charge in [-0.3, -0.25) is 9.89 Å². The van der Waals surface area contributed by atoms with Gasteiger partial charge in [-0.05, 0) is 31.2 Å². The molecular weight excluding hydrogens is 355 g/mol. The molecule has 0 aliphatic rings. The number of hydrogen-bond donors (Lipinski definition) is 2. The van der Waals surface area contributed by atoms with Crippen molar-refractivity contribution in [1.29, 1.82) is 0 Å². The van der Waals surface area contributed by atoms with Crippen molar-refractivity contribution in [3.05, 3.63) is 54.3 Å². The van der Waals surface area contributed by atoms with E-state index < -0.39 is 5.25 Å². The molecule has 6 nitrogen and oxygen atoms in total. The molecule has 0 spiro atoms. The number of anilines is 1. The zero-order valence-electron chi connectivity index (χ0n) is 14.2. The largest absolute Gasteiger partial charge is 0.495 e. The van der Waals surface area contributed by atoms with E-state index in [0.717, 1.165) is 0 Å². The third kappa shape index (κ3) is 4.02. The molecule has 2 N–H and O–H groups in total. The van der Waals surface area contributed by atoms with Crippen LogP contribution in [0, 0.1) is 5.82 Å². The van der Waals surface area contributed by atoms with Gasteiger partial charge in [0.2, 0.25) is 11.1 Å². The molecule has 2 aromatic carbocycles. The van der Waals surface area contributed by atoms with E-state index in [1.165, 1.54) is 17.8 Å². The molecule has 1 amide bonds. The lowest BCUT2D eigenvalue weighted by atomic mass is 10.2. The highest BCUT2D eigenvalue weighted by Crippen LogP contribution is 2.27. The second-order valence-electron chi connectivity index (χ2n) is 5.40.